The van der Waals surface area contributed by atoms with Crippen LogP contribution in [0.2, 0.25) is 0 Å². The van der Waals surface area contributed by atoms with Gasteiger partial charge in [0.25, 0.3) is 5.91 Å². The first kappa shape index (κ1) is 17.6. The number of nitrogens with zero attached hydrogens (tertiary/aromatic N) is 3. The molecule has 0 aliphatic heterocycles. The zero-order chi connectivity index (χ0) is 18.6. The van der Waals surface area contributed by atoms with Gasteiger partial charge in [-0.25, -0.2) is 8.42 Å². The molecular weight excluding hydrogens is 354 g/mol. The number of anilines is 1. The van der Waals surface area contributed by atoms with Gasteiger partial charge in [0, 0.05) is 6.54 Å². The second-order valence-corrected chi connectivity index (χ2v) is 7.32. The molecule has 1 aromatic heterocycles. The first-order valence-electron chi connectivity index (χ1n) is 7.74. The monoisotopic (exact) mass is 371 g/mol. The van der Waals surface area contributed by atoms with Crippen LogP contribution in [0.25, 0.3) is 5.69 Å². The molecular formula is C17H17N5O3S. The van der Waals surface area contributed by atoms with E-state index in [2.05, 4.69) is 20.2 Å². The first-order chi connectivity index (χ1) is 12.4. The zero-order valence-electron chi connectivity index (χ0n) is 14.0. The molecule has 1 amide bonds. The minimum absolute atomic E-state index is 0.149. The number of benzene rings is 2. The van der Waals surface area contributed by atoms with Gasteiger partial charge in [0.1, 0.15) is 0 Å². The number of hydrogen-bond donors (Lipinski definition) is 2. The summed E-state index contributed by atoms with van der Waals surface area (Å²) in [5.41, 5.74) is 1.97. The molecule has 9 heteroatoms. The SMILES string of the molecule is CS(=O)(=O)Nc1ccccc1CNC(=O)c1cnn(-c2ccccc2)n1. The maximum atomic E-state index is 12.3. The molecule has 26 heavy (non-hydrogen) atoms. The summed E-state index contributed by atoms with van der Waals surface area (Å²) in [6.45, 7) is 0.149. The normalized spacial score (nSPS) is 11.1. The first-order valence-corrected chi connectivity index (χ1v) is 9.63. The predicted octanol–water partition coefficient (Wildman–Crippen LogP) is 1.57. The average Bonchev–Trinajstić information content (AvgIpc) is 3.10. The van der Waals surface area contributed by atoms with Gasteiger partial charge in [0.15, 0.2) is 5.69 Å². The van der Waals surface area contributed by atoms with Gasteiger partial charge in [0.2, 0.25) is 10.0 Å². The summed E-state index contributed by atoms with van der Waals surface area (Å²) in [6.07, 6.45) is 2.45. The van der Waals surface area contributed by atoms with Gasteiger partial charge in [-0.15, -0.1) is 5.10 Å². The number of hydrogen-bond acceptors (Lipinski definition) is 5. The number of aromatic nitrogens is 3. The lowest BCUT2D eigenvalue weighted by atomic mass is 10.2. The number of carbonyl (C=O) groups excluding carboxylic acids is 1. The molecule has 0 bridgehead atoms. The Hall–Kier alpha value is -3.20. The molecule has 0 radical (unpaired) electrons. The molecule has 2 aromatic carbocycles. The number of nitrogens with one attached hydrogen (secondary N) is 2. The summed E-state index contributed by atoms with van der Waals surface area (Å²) < 4.78 is 25.3. The summed E-state index contributed by atoms with van der Waals surface area (Å²) in [6, 6.07) is 16.1. The Labute approximate surface area is 150 Å². The summed E-state index contributed by atoms with van der Waals surface area (Å²) in [7, 11) is -3.41. The molecule has 0 aliphatic rings. The van der Waals surface area contributed by atoms with Gasteiger partial charge in [0.05, 0.1) is 23.8 Å². The van der Waals surface area contributed by atoms with E-state index in [-0.39, 0.29) is 12.2 Å². The van der Waals surface area contributed by atoms with E-state index in [9.17, 15) is 13.2 Å². The molecule has 0 saturated carbocycles. The Balaban J connectivity index is 1.70. The van der Waals surface area contributed by atoms with Crippen molar-refractivity contribution in [2.24, 2.45) is 0 Å². The van der Waals surface area contributed by atoms with Gasteiger partial charge in [-0.05, 0) is 23.8 Å². The standard InChI is InChI=1S/C17H17N5O3S/c1-26(24,25)21-15-10-6-5-7-13(15)11-18-17(23)16-12-19-22(20-16)14-8-3-2-4-9-14/h2-10,12,21H,11H2,1H3,(H,18,23). The molecule has 3 aromatic rings. The van der Waals surface area contributed by atoms with Crippen molar-refractivity contribution in [2.45, 2.75) is 6.54 Å². The van der Waals surface area contributed by atoms with Crippen molar-refractivity contribution in [3.8, 4) is 5.69 Å². The molecule has 2 N–H and O–H groups in total. The Morgan fingerprint density at radius 2 is 1.77 bits per heavy atom. The van der Waals surface area contributed by atoms with Crippen LogP contribution in [0.3, 0.4) is 0 Å². The van der Waals surface area contributed by atoms with Crippen LogP contribution in [0.5, 0.6) is 0 Å². The second kappa shape index (κ2) is 7.36. The summed E-state index contributed by atoms with van der Waals surface area (Å²) >= 11 is 0. The maximum Gasteiger partial charge on any atom is 0.273 e. The van der Waals surface area contributed by atoms with Gasteiger partial charge in [-0.3, -0.25) is 9.52 Å². The fraction of sp³-hybridized carbons (Fsp3) is 0.118. The van der Waals surface area contributed by atoms with E-state index in [0.717, 1.165) is 11.9 Å². The van der Waals surface area contributed by atoms with Crippen molar-refractivity contribution in [3.05, 3.63) is 72.1 Å². The number of sulfonamides is 1. The Kier molecular flexibility index (Phi) is 4.99. The van der Waals surface area contributed by atoms with Gasteiger partial charge in [-0.1, -0.05) is 36.4 Å². The topological polar surface area (TPSA) is 106 Å². The van der Waals surface area contributed by atoms with Crippen LogP contribution in [-0.4, -0.2) is 35.6 Å². The van der Waals surface area contributed by atoms with Crippen LogP contribution >= 0.6 is 0 Å². The highest BCUT2D eigenvalue weighted by molar-refractivity contribution is 7.92. The highest BCUT2D eigenvalue weighted by Crippen LogP contribution is 2.16. The molecule has 0 fully saturated rings. The number of para-hydroxylation sites is 2. The molecule has 0 spiro atoms. The predicted molar refractivity (Wildman–Crippen MR) is 97.4 cm³/mol. The minimum Gasteiger partial charge on any atom is -0.346 e. The van der Waals surface area contributed by atoms with E-state index in [1.807, 2.05) is 30.3 Å². The summed E-state index contributed by atoms with van der Waals surface area (Å²) in [5, 5.41) is 11.0. The van der Waals surface area contributed by atoms with Crippen molar-refractivity contribution in [1.29, 1.82) is 0 Å². The largest absolute Gasteiger partial charge is 0.346 e. The molecule has 3 rings (SSSR count). The number of amides is 1. The Morgan fingerprint density at radius 3 is 2.50 bits per heavy atom. The highest BCUT2D eigenvalue weighted by Gasteiger charge is 2.13. The van der Waals surface area contributed by atoms with Gasteiger partial charge in [-0.2, -0.15) is 9.90 Å². The number of carbonyl (C=O) groups is 1. The third-order valence-electron chi connectivity index (χ3n) is 3.46. The van der Waals surface area contributed by atoms with E-state index in [4.69, 9.17) is 0 Å². The molecule has 0 saturated heterocycles. The van der Waals surface area contributed by atoms with Crippen LogP contribution in [0.1, 0.15) is 16.1 Å². The molecule has 1 heterocycles. The van der Waals surface area contributed by atoms with Crippen molar-refractivity contribution < 1.29 is 13.2 Å². The van der Waals surface area contributed by atoms with E-state index >= 15 is 0 Å². The average molecular weight is 371 g/mol. The lowest BCUT2D eigenvalue weighted by Crippen LogP contribution is -2.24. The van der Waals surface area contributed by atoms with E-state index < -0.39 is 15.9 Å². The highest BCUT2D eigenvalue weighted by atomic mass is 32.2. The fourth-order valence-electron chi connectivity index (χ4n) is 2.29. The number of rotatable bonds is 6. The minimum atomic E-state index is -3.41. The van der Waals surface area contributed by atoms with Crippen molar-refractivity contribution in [2.75, 3.05) is 11.0 Å². The summed E-state index contributed by atoms with van der Waals surface area (Å²) in [5.74, 6) is -0.402. The molecule has 0 aliphatic carbocycles. The van der Waals surface area contributed by atoms with E-state index in [1.165, 1.54) is 11.0 Å². The summed E-state index contributed by atoms with van der Waals surface area (Å²) in [4.78, 5) is 13.7. The quantitative estimate of drug-likeness (QED) is 0.684. The van der Waals surface area contributed by atoms with Gasteiger partial charge < -0.3 is 5.32 Å². The van der Waals surface area contributed by atoms with E-state index in [0.29, 0.717) is 11.3 Å². The molecule has 0 unspecified atom stereocenters. The van der Waals surface area contributed by atoms with Crippen LogP contribution in [-0.2, 0) is 16.6 Å². The molecule has 0 atom stereocenters. The molecule has 134 valence electrons. The van der Waals surface area contributed by atoms with Crippen LogP contribution in [0.4, 0.5) is 5.69 Å². The second-order valence-electron chi connectivity index (χ2n) is 5.57. The maximum absolute atomic E-state index is 12.3. The van der Waals surface area contributed by atoms with Crippen LogP contribution in [0, 0.1) is 0 Å². The molecule has 8 nitrogen and oxygen atoms in total. The van der Waals surface area contributed by atoms with E-state index in [1.54, 1.807) is 24.3 Å². The Bertz CT molecular complexity index is 1020. The van der Waals surface area contributed by atoms with Crippen molar-refractivity contribution >= 4 is 21.6 Å². The van der Waals surface area contributed by atoms with Crippen LogP contribution in [0.15, 0.2) is 60.8 Å². The van der Waals surface area contributed by atoms with Crippen molar-refractivity contribution in [3.63, 3.8) is 0 Å². The lowest BCUT2D eigenvalue weighted by molar-refractivity contribution is 0.0945. The van der Waals surface area contributed by atoms with Crippen LogP contribution < -0.4 is 10.0 Å². The Morgan fingerprint density at radius 1 is 1.08 bits per heavy atom. The van der Waals surface area contributed by atoms with Gasteiger partial charge >= 0.3 is 0 Å². The van der Waals surface area contributed by atoms with Crippen molar-refractivity contribution in [1.82, 2.24) is 20.3 Å². The zero-order valence-corrected chi connectivity index (χ0v) is 14.8. The third-order valence-corrected chi connectivity index (χ3v) is 4.05. The smallest absolute Gasteiger partial charge is 0.273 e. The fourth-order valence-corrected chi connectivity index (χ4v) is 2.89. The lowest BCUT2D eigenvalue weighted by Gasteiger charge is -2.10. The third kappa shape index (κ3) is 4.45.